The number of hydrogen-bond donors (Lipinski definition) is 1. The van der Waals surface area contributed by atoms with Crippen LogP contribution in [-0.4, -0.2) is 23.5 Å². The van der Waals surface area contributed by atoms with E-state index in [0.29, 0.717) is 17.5 Å². The summed E-state index contributed by atoms with van der Waals surface area (Å²) >= 11 is 0. The summed E-state index contributed by atoms with van der Waals surface area (Å²) in [6.07, 6.45) is 0.395. The number of aromatic hydroxyl groups is 1. The van der Waals surface area contributed by atoms with Gasteiger partial charge in [0, 0.05) is 18.9 Å². The molecule has 0 aliphatic heterocycles. The first-order valence-corrected chi connectivity index (χ1v) is 4.97. The molecule has 1 aromatic carbocycles. The van der Waals surface area contributed by atoms with Gasteiger partial charge in [-0.3, -0.25) is 9.59 Å². The molecule has 0 amide bonds. The Morgan fingerprint density at radius 3 is 2.56 bits per heavy atom. The molecule has 0 spiro atoms. The molecular formula is C12H14O4. The molecule has 16 heavy (non-hydrogen) atoms. The largest absolute Gasteiger partial charge is 0.508 e. The van der Waals surface area contributed by atoms with Gasteiger partial charge in [0.1, 0.15) is 5.75 Å². The lowest BCUT2D eigenvalue weighted by molar-refractivity contribution is -0.140. The summed E-state index contributed by atoms with van der Waals surface area (Å²) < 4.78 is 4.77. The van der Waals surface area contributed by atoms with E-state index in [1.807, 2.05) is 0 Å². The van der Waals surface area contributed by atoms with Gasteiger partial charge in [-0.25, -0.2) is 0 Å². The number of benzene rings is 1. The van der Waals surface area contributed by atoms with E-state index in [1.165, 1.54) is 19.9 Å². The van der Waals surface area contributed by atoms with Crippen molar-refractivity contribution in [2.75, 3.05) is 6.61 Å². The van der Waals surface area contributed by atoms with Crippen LogP contribution in [-0.2, 0) is 16.0 Å². The van der Waals surface area contributed by atoms with E-state index < -0.39 is 0 Å². The SMILES string of the molecule is CC(=O)OCCc1cc(C(C)=O)ccc1O. The predicted molar refractivity (Wildman–Crippen MR) is 58.4 cm³/mol. The second-order valence-electron chi connectivity index (χ2n) is 3.49. The van der Waals surface area contributed by atoms with Crippen LogP contribution >= 0.6 is 0 Å². The normalized spacial score (nSPS) is 9.88. The Morgan fingerprint density at radius 1 is 1.31 bits per heavy atom. The lowest BCUT2D eigenvalue weighted by atomic mass is 10.1. The van der Waals surface area contributed by atoms with Gasteiger partial charge in [0.15, 0.2) is 5.78 Å². The number of Topliss-reactive ketones (excluding diaryl/α,β-unsaturated/α-hetero) is 1. The molecule has 4 heteroatoms. The van der Waals surface area contributed by atoms with Crippen LogP contribution in [0.25, 0.3) is 0 Å². The minimum Gasteiger partial charge on any atom is -0.508 e. The highest BCUT2D eigenvalue weighted by Crippen LogP contribution is 2.19. The van der Waals surface area contributed by atoms with E-state index in [4.69, 9.17) is 4.74 Å². The lowest BCUT2D eigenvalue weighted by Gasteiger charge is -2.06. The van der Waals surface area contributed by atoms with Crippen molar-refractivity contribution < 1.29 is 19.4 Å². The summed E-state index contributed by atoms with van der Waals surface area (Å²) in [4.78, 5) is 21.7. The van der Waals surface area contributed by atoms with Crippen LogP contribution in [0.1, 0.15) is 29.8 Å². The summed E-state index contributed by atoms with van der Waals surface area (Å²) in [5.41, 5.74) is 1.14. The van der Waals surface area contributed by atoms with Gasteiger partial charge < -0.3 is 9.84 Å². The molecule has 1 rings (SSSR count). The third kappa shape index (κ3) is 3.38. The number of ketones is 1. The molecule has 0 atom stereocenters. The zero-order valence-corrected chi connectivity index (χ0v) is 9.32. The third-order valence-electron chi connectivity index (χ3n) is 2.16. The van der Waals surface area contributed by atoms with Gasteiger partial charge in [0.2, 0.25) is 0 Å². The second-order valence-corrected chi connectivity index (χ2v) is 3.49. The molecule has 0 saturated carbocycles. The van der Waals surface area contributed by atoms with E-state index in [0.717, 1.165) is 0 Å². The number of carbonyl (C=O) groups excluding carboxylic acids is 2. The monoisotopic (exact) mass is 222 g/mol. The van der Waals surface area contributed by atoms with E-state index in [9.17, 15) is 14.7 Å². The summed E-state index contributed by atoms with van der Waals surface area (Å²) in [6, 6.07) is 4.65. The molecule has 0 fully saturated rings. The second kappa shape index (κ2) is 5.30. The predicted octanol–water partition coefficient (Wildman–Crippen LogP) is 1.70. The van der Waals surface area contributed by atoms with Crippen LogP contribution in [0.15, 0.2) is 18.2 Å². The quantitative estimate of drug-likeness (QED) is 0.622. The first kappa shape index (κ1) is 12.2. The fraction of sp³-hybridized carbons (Fsp3) is 0.333. The summed E-state index contributed by atoms with van der Waals surface area (Å²) in [7, 11) is 0. The van der Waals surface area contributed by atoms with Crippen molar-refractivity contribution in [1.82, 2.24) is 0 Å². The number of rotatable bonds is 4. The molecule has 0 aliphatic rings. The number of phenolic OH excluding ortho intramolecular Hbond substituents is 1. The molecule has 1 N–H and O–H groups in total. The van der Waals surface area contributed by atoms with Crippen molar-refractivity contribution in [3.05, 3.63) is 29.3 Å². The number of esters is 1. The van der Waals surface area contributed by atoms with Crippen molar-refractivity contribution in [3.8, 4) is 5.75 Å². The van der Waals surface area contributed by atoms with Crippen LogP contribution in [0.3, 0.4) is 0 Å². The molecule has 0 heterocycles. The number of hydrogen-bond acceptors (Lipinski definition) is 4. The standard InChI is InChI=1S/C12H14O4/c1-8(13)10-3-4-12(15)11(7-10)5-6-16-9(2)14/h3-4,7,15H,5-6H2,1-2H3. The summed E-state index contributed by atoms with van der Waals surface area (Å²) in [5, 5.41) is 9.53. The Morgan fingerprint density at radius 2 is 2.00 bits per heavy atom. The number of phenols is 1. The summed E-state index contributed by atoms with van der Waals surface area (Å²) in [6.45, 7) is 2.98. The third-order valence-corrected chi connectivity index (χ3v) is 2.16. The molecule has 86 valence electrons. The molecule has 0 aliphatic carbocycles. The first-order chi connectivity index (χ1) is 7.50. The van der Waals surface area contributed by atoms with Crippen LogP contribution in [0.5, 0.6) is 5.75 Å². The Labute approximate surface area is 93.9 Å². The molecule has 0 aromatic heterocycles. The molecule has 4 nitrogen and oxygen atoms in total. The highest BCUT2D eigenvalue weighted by molar-refractivity contribution is 5.94. The fourth-order valence-corrected chi connectivity index (χ4v) is 1.31. The molecule has 0 unspecified atom stereocenters. The van der Waals surface area contributed by atoms with Crippen molar-refractivity contribution >= 4 is 11.8 Å². The maximum Gasteiger partial charge on any atom is 0.302 e. The van der Waals surface area contributed by atoms with Crippen LogP contribution in [0.4, 0.5) is 0 Å². The Bertz CT molecular complexity index is 409. The zero-order chi connectivity index (χ0) is 12.1. The van der Waals surface area contributed by atoms with Gasteiger partial charge in [0.25, 0.3) is 0 Å². The Hall–Kier alpha value is -1.84. The van der Waals surface area contributed by atoms with E-state index in [2.05, 4.69) is 0 Å². The average molecular weight is 222 g/mol. The maximum atomic E-state index is 11.1. The van der Waals surface area contributed by atoms with Crippen molar-refractivity contribution in [2.24, 2.45) is 0 Å². The van der Waals surface area contributed by atoms with Crippen LogP contribution in [0, 0.1) is 0 Å². The topological polar surface area (TPSA) is 63.6 Å². The molecular weight excluding hydrogens is 208 g/mol. The molecule has 0 saturated heterocycles. The minimum absolute atomic E-state index is 0.0614. The van der Waals surface area contributed by atoms with Crippen molar-refractivity contribution in [3.63, 3.8) is 0 Å². The Balaban J connectivity index is 2.74. The van der Waals surface area contributed by atoms with Crippen LogP contribution < -0.4 is 0 Å². The van der Waals surface area contributed by atoms with Gasteiger partial charge in [0.05, 0.1) is 6.61 Å². The van der Waals surface area contributed by atoms with E-state index >= 15 is 0 Å². The number of carbonyl (C=O) groups is 2. The van der Waals surface area contributed by atoms with Crippen molar-refractivity contribution in [1.29, 1.82) is 0 Å². The average Bonchev–Trinajstić information content (AvgIpc) is 2.20. The molecule has 0 radical (unpaired) electrons. The molecule has 0 bridgehead atoms. The fourth-order valence-electron chi connectivity index (χ4n) is 1.31. The van der Waals surface area contributed by atoms with Gasteiger partial charge in [-0.1, -0.05) is 0 Å². The highest BCUT2D eigenvalue weighted by Gasteiger charge is 2.06. The smallest absolute Gasteiger partial charge is 0.302 e. The summed E-state index contributed by atoms with van der Waals surface area (Å²) in [5.74, 6) is -0.312. The number of ether oxygens (including phenoxy) is 1. The zero-order valence-electron chi connectivity index (χ0n) is 9.32. The van der Waals surface area contributed by atoms with E-state index in [-0.39, 0.29) is 24.1 Å². The molecule has 1 aromatic rings. The highest BCUT2D eigenvalue weighted by atomic mass is 16.5. The van der Waals surface area contributed by atoms with Gasteiger partial charge in [-0.2, -0.15) is 0 Å². The van der Waals surface area contributed by atoms with Crippen molar-refractivity contribution in [2.45, 2.75) is 20.3 Å². The minimum atomic E-state index is -0.359. The van der Waals surface area contributed by atoms with Crippen LogP contribution in [0.2, 0.25) is 0 Å². The van der Waals surface area contributed by atoms with Gasteiger partial charge >= 0.3 is 5.97 Å². The Kier molecular flexibility index (Phi) is 4.05. The first-order valence-electron chi connectivity index (χ1n) is 4.97. The van der Waals surface area contributed by atoms with Gasteiger partial charge in [-0.05, 0) is 30.7 Å². The van der Waals surface area contributed by atoms with Gasteiger partial charge in [-0.15, -0.1) is 0 Å². The lowest BCUT2D eigenvalue weighted by Crippen LogP contribution is -2.04. The van der Waals surface area contributed by atoms with E-state index in [1.54, 1.807) is 12.1 Å². The maximum absolute atomic E-state index is 11.1.